The molecule has 0 saturated carbocycles. The van der Waals surface area contributed by atoms with Gasteiger partial charge in [-0.15, -0.1) is 0 Å². The maximum Gasteiger partial charge on any atom is 0.490 e. The number of carboxylic acids is 3. The van der Waals surface area contributed by atoms with Crippen LogP contribution in [0.2, 0.25) is 0 Å². The Hall–Kier alpha value is -2.37. The number of carboxylic acid groups (broad SMARTS) is 3. The average Bonchev–Trinajstić information content (AvgIpc) is 2.96. The number of alkyl halides is 3. The van der Waals surface area contributed by atoms with Gasteiger partial charge in [-0.2, -0.15) is 13.2 Å². The second kappa shape index (κ2) is 9.70. The number of carbonyl (C=O) groups excluding carboxylic acids is 1. The van der Waals surface area contributed by atoms with Crippen LogP contribution in [-0.4, -0.2) is 63.9 Å². The molecule has 2 atom stereocenters. The van der Waals surface area contributed by atoms with Gasteiger partial charge >= 0.3 is 24.1 Å². The molecule has 9 nitrogen and oxygen atoms in total. The van der Waals surface area contributed by atoms with E-state index in [0.29, 0.717) is 6.42 Å². The zero-order chi connectivity index (χ0) is 18.9. The third-order valence-corrected chi connectivity index (χ3v) is 2.88. The van der Waals surface area contributed by atoms with E-state index in [4.69, 9.17) is 20.1 Å². The molecule has 0 bridgehead atoms. The number of hydrogen-bond acceptors (Lipinski definition) is 5. The van der Waals surface area contributed by atoms with Crippen LogP contribution in [0.1, 0.15) is 25.7 Å². The molecule has 0 aromatic heterocycles. The van der Waals surface area contributed by atoms with E-state index in [0.717, 1.165) is 13.0 Å². The van der Waals surface area contributed by atoms with Crippen molar-refractivity contribution in [2.24, 2.45) is 0 Å². The Labute approximate surface area is 133 Å². The van der Waals surface area contributed by atoms with Gasteiger partial charge in [0.05, 0.1) is 6.04 Å². The van der Waals surface area contributed by atoms with Crippen LogP contribution in [0.15, 0.2) is 0 Å². The molecule has 0 spiro atoms. The Morgan fingerprint density at radius 2 is 1.71 bits per heavy atom. The Morgan fingerprint density at radius 1 is 1.17 bits per heavy atom. The van der Waals surface area contributed by atoms with E-state index in [-0.39, 0.29) is 24.8 Å². The van der Waals surface area contributed by atoms with Gasteiger partial charge in [0.25, 0.3) is 0 Å². The lowest BCUT2D eigenvalue weighted by atomic mass is 10.1. The molecular formula is C12H17F3N2O7. The van der Waals surface area contributed by atoms with E-state index in [1.165, 1.54) is 0 Å². The highest BCUT2D eigenvalue weighted by molar-refractivity contribution is 5.87. The van der Waals surface area contributed by atoms with Crippen molar-refractivity contribution in [3.05, 3.63) is 0 Å². The zero-order valence-corrected chi connectivity index (χ0v) is 12.3. The van der Waals surface area contributed by atoms with E-state index < -0.39 is 30.1 Å². The van der Waals surface area contributed by atoms with Crippen molar-refractivity contribution in [1.82, 2.24) is 10.6 Å². The van der Waals surface area contributed by atoms with Crippen LogP contribution in [0.25, 0.3) is 0 Å². The summed E-state index contributed by atoms with van der Waals surface area (Å²) in [6.45, 7) is 0.741. The first-order valence-electron chi connectivity index (χ1n) is 6.73. The van der Waals surface area contributed by atoms with Crippen LogP contribution in [0.4, 0.5) is 13.2 Å². The van der Waals surface area contributed by atoms with Crippen molar-refractivity contribution in [3.8, 4) is 0 Å². The standard InChI is InChI=1S/C10H16N2O5.C2HF3O2/c13-8(14)4-3-7(10(16)17)12-9(15)6-2-1-5-11-6;3-2(4,5)1(6)7/h6-7,11H,1-5H2,(H,12,15)(H,13,14)(H,16,17);(H,6,7)/t6-,7-;/m0./s1. The average molecular weight is 358 g/mol. The third kappa shape index (κ3) is 8.92. The van der Waals surface area contributed by atoms with Crippen molar-refractivity contribution >= 4 is 23.8 Å². The lowest BCUT2D eigenvalue weighted by Crippen LogP contribution is -2.48. The second-order valence-corrected chi connectivity index (χ2v) is 4.78. The largest absolute Gasteiger partial charge is 0.490 e. The lowest BCUT2D eigenvalue weighted by molar-refractivity contribution is -0.192. The Bertz CT molecular complexity index is 476. The van der Waals surface area contributed by atoms with Gasteiger partial charge in [-0.05, 0) is 25.8 Å². The third-order valence-electron chi connectivity index (χ3n) is 2.88. The molecule has 0 unspecified atom stereocenters. The van der Waals surface area contributed by atoms with Gasteiger partial charge < -0.3 is 26.0 Å². The fraction of sp³-hybridized carbons (Fsp3) is 0.667. The summed E-state index contributed by atoms with van der Waals surface area (Å²) >= 11 is 0. The molecule has 1 aliphatic heterocycles. The molecule has 0 radical (unpaired) electrons. The van der Waals surface area contributed by atoms with Crippen molar-refractivity contribution < 1.29 is 47.7 Å². The summed E-state index contributed by atoms with van der Waals surface area (Å²) in [5.74, 6) is -5.42. The maximum atomic E-state index is 11.6. The molecule has 138 valence electrons. The first-order valence-corrected chi connectivity index (χ1v) is 6.73. The summed E-state index contributed by atoms with van der Waals surface area (Å²) < 4.78 is 31.7. The number of amides is 1. The van der Waals surface area contributed by atoms with Crippen LogP contribution in [0.3, 0.4) is 0 Å². The molecule has 1 aliphatic rings. The molecule has 12 heteroatoms. The zero-order valence-electron chi connectivity index (χ0n) is 12.3. The maximum absolute atomic E-state index is 11.6. The Morgan fingerprint density at radius 3 is 2.04 bits per heavy atom. The fourth-order valence-corrected chi connectivity index (χ4v) is 1.71. The summed E-state index contributed by atoms with van der Waals surface area (Å²) in [4.78, 5) is 41.7. The normalized spacial score (nSPS) is 18.0. The SMILES string of the molecule is O=C(O)C(F)(F)F.O=C(O)CC[C@H](NC(=O)[C@@H]1CCCN1)C(=O)O. The van der Waals surface area contributed by atoms with Gasteiger partial charge in [0, 0.05) is 6.42 Å². The Kier molecular flexibility index (Phi) is 8.74. The molecule has 0 aliphatic carbocycles. The first-order chi connectivity index (χ1) is 10.9. The van der Waals surface area contributed by atoms with Gasteiger partial charge in [0.1, 0.15) is 6.04 Å². The molecule has 1 saturated heterocycles. The van der Waals surface area contributed by atoms with Crippen molar-refractivity contribution in [3.63, 3.8) is 0 Å². The van der Waals surface area contributed by atoms with Crippen molar-refractivity contribution in [2.75, 3.05) is 6.54 Å². The highest BCUT2D eigenvalue weighted by atomic mass is 19.4. The fourth-order valence-electron chi connectivity index (χ4n) is 1.71. The minimum Gasteiger partial charge on any atom is -0.481 e. The van der Waals surface area contributed by atoms with E-state index in [1.54, 1.807) is 0 Å². The summed E-state index contributed by atoms with van der Waals surface area (Å²) in [6.07, 6.45) is -3.92. The molecule has 1 amide bonds. The lowest BCUT2D eigenvalue weighted by Gasteiger charge is -2.16. The number of aliphatic carboxylic acids is 3. The monoisotopic (exact) mass is 358 g/mol. The number of carbonyl (C=O) groups is 4. The smallest absolute Gasteiger partial charge is 0.481 e. The van der Waals surface area contributed by atoms with E-state index in [1.807, 2.05) is 0 Å². The summed E-state index contributed by atoms with van der Waals surface area (Å²) in [5.41, 5.74) is 0. The Balaban J connectivity index is 0.000000640. The van der Waals surface area contributed by atoms with Crippen LogP contribution >= 0.6 is 0 Å². The summed E-state index contributed by atoms with van der Waals surface area (Å²) in [6, 6.07) is -1.50. The molecule has 1 fully saturated rings. The highest BCUT2D eigenvalue weighted by Gasteiger charge is 2.38. The summed E-state index contributed by atoms with van der Waals surface area (Å²) in [5, 5.41) is 29.7. The minimum absolute atomic E-state index is 0.108. The van der Waals surface area contributed by atoms with Gasteiger partial charge in [-0.25, -0.2) is 9.59 Å². The highest BCUT2D eigenvalue weighted by Crippen LogP contribution is 2.13. The molecular weight excluding hydrogens is 341 g/mol. The van der Waals surface area contributed by atoms with E-state index >= 15 is 0 Å². The van der Waals surface area contributed by atoms with Crippen LogP contribution in [0.5, 0.6) is 0 Å². The second-order valence-electron chi connectivity index (χ2n) is 4.78. The van der Waals surface area contributed by atoms with E-state index in [2.05, 4.69) is 10.6 Å². The predicted octanol–water partition coefficient (Wildman–Crippen LogP) is -0.194. The van der Waals surface area contributed by atoms with Crippen LogP contribution < -0.4 is 10.6 Å². The van der Waals surface area contributed by atoms with E-state index in [9.17, 15) is 27.6 Å². The van der Waals surface area contributed by atoms with Crippen LogP contribution in [0, 0.1) is 0 Å². The molecule has 24 heavy (non-hydrogen) atoms. The molecule has 0 aromatic carbocycles. The molecule has 0 aromatic rings. The quantitative estimate of drug-likeness (QED) is 0.438. The predicted molar refractivity (Wildman–Crippen MR) is 71.2 cm³/mol. The number of halogens is 3. The van der Waals surface area contributed by atoms with Gasteiger partial charge in [-0.1, -0.05) is 0 Å². The van der Waals surface area contributed by atoms with Crippen LogP contribution in [-0.2, 0) is 19.2 Å². The topological polar surface area (TPSA) is 153 Å². The summed E-state index contributed by atoms with van der Waals surface area (Å²) in [7, 11) is 0. The number of rotatable bonds is 6. The van der Waals surface area contributed by atoms with Gasteiger partial charge in [-0.3, -0.25) is 9.59 Å². The van der Waals surface area contributed by atoms with Crippen molar-refractivity contribution in [1.29, 1.82) is 0 Å². The van der Waals surface area contributed by atoms with Crippen molar-refractivity contribution in [2.45, 2.75) is 43.9 Å². The number of nitrogens with one attached hydrogen (secondary N) is 2. The molecule has 1 rings (SSSR count). The minimum atomic E-state index is -5.08. The molecule has 5 N–H and O–H groups in total. The van der Waals surface area contributed by atoms with Gasteiger partial charge in [0.15, 0.2) is 0 Å². The van der Waals surface area contributed by atoms with Gasteiger partial charge in [0.2, 0.25) is 5.91 Å². The number of hydrogen-bond donors (Lipinski definition) is 5. The first kappa shape index (κ1) is 21.6. The molecule has 1 heterocycles.